The summed E-state index contributed by atoms with van der Waals surface area (Å²) in [6.45, 7) is 6.60. The normalized spacial score (nSPS) is 10.6. The van der Waals surface area contributed by atoms with E-state index in [-0.39, 0.29) is 61.4 Å². The standard InChI is InChI=1S/C26H32N2O10/c1-17(2)35-23(29)13-27-15-33-21-11-7-5-9-19(21)25(31)37-38-26(32)20-10-6-8-12-22(20)34-16-28-14-24(30)36-18(3)4/h5-12,17-18,27-28H,13-16H2,1-4H3. The maximum Gasteiger partial charge on any atom is 0.390 e. The monoisotopic (exact) mass is 532 g/mol. The van der Waals surface area contributed by atoms with Gasteiger partial charge in [0.05, 0.1) is 25.3 Å². The van der Waals surface area contributed by atoms with Gasteiger partial charge in [-0.05, 0) is 52.0 Å². The van der Waals surface area contributed by atoms with Crippen LogP contribution in [0.2, 0.25) is 0 Å². The van der Waals surface area contributed by atoms with E-state index in [0.29, 0.717) is 0 Å². The number of rotatable bonds is 14. The quantitative estimate of drug-likeness (QED) is 0.121. The van der Waals surface area contributed by atoms with Gasteiger partial charge < -0.3 is 18.9 Å². The Balaban J connectivity index is 1.87. The summed E-state index contributed by atoms with van der Waals surface area (Å²) in [5.74, 6) is -2.56. The summed E-state index contributed by atoms with van der Waals surface area (Å²) in [5.41, 5.74) is -0.0113. The summed E-state index contributed by atoms with van der Waals surface area (Å²) in [5, 5.41) is 5.48. The molecule has 0 unspecified atom stereocenters. The molecule has 0 fully saturated rings. The minimum Gasteiger partial charge on any atom is -0.477 e. The summed E-state index contributed by atoms with van der Waals surface area (Å²) < 4.78 is 21.0. The van der Waals surface area contributed by atoms with Crippen LogP contribution in [0.3, 0.4) is 0 Å². The molecule has 0 aromatic heterocycles. The molecule has 0 amide bonds. The Labute approximate surface area is 220 Å². The Morgan fingerprint density at radius 3 is 1.37 bits per heavy atom. The highest BCUT2D eigenvalue weighted by atomic mass is 17.2. The zero-order chi connectivity index (χ0) is 27.9. The van der Waals surface area contributed by atoms with Crippen molar-refractivity contribution in [3.8, 4) is 11.5 Å². The highest BCUT2D eigenvalue weighted by molar-refractivity contribution is 5.95. The number of para-hydroxylation sites is 2. The van der Waals surface area contributed by atoms with Gasteiger partial charge in [-0.25, -0.2) is 19.4 Å². The highest BCUT2D eigenvalue weighted by Crippen LogP contribution is 2.21. The largest absolute Gasteiger partial charge is 0.477 e. The number of esters is 2. The maximum absolute atomic E-state index is 12.5. The molecule has 2 aromatic carbocycles. The molecule has 0 heterocycles. The van der Waals surface area contributed by atoms with Crippen molar-refractivity contribution in [2.45, 2.75) is 39.9 Å². The van der Waals surface area contributed by atoms with Gasteiger partial charge in [0.2, 0.25) is 0 Å². The molecule has 0 bridgehead atoms. The topological polar surface area (TPSA) is 148 Å². The first kappa shape index (κ1) is 30.1. The summed E-state index contributed by atoms with van der Waals surface area (Å²) in [7, 11) is 0. The second-order valence-electron chi connectivity index (χ2n) is 8.24. The van der Waals surface area contributed by atoms with Crippen molar-refractivity contribution in [3.63, 3.8) is 0 Å². The van der Waals surface area contributed by atoms with Gasteiger partial charge in [-0.3, -0.25) is 20.2 Å². The molecule has 2 rings (SSSR count). The fraction of sp³-hybridized carbons (Fsp3) is 0.385. The van der Waals surface area contributed by atoms with Crippen LogP contribution < -0.4 is 20.1 Å². The molecule has 0 saturated carbocycles. The zero-order valence-electron chi connectivity index (χ0n) is 21.7. The van der Waals surface area contributed by atoms with Crippen LogP contribution in [0.4, 0.5) is 0 Å². The molecule has 38 heavy (non-hydrogen) atoms. The Hall–Kier alpha value is -4.16. The number of carbonyl (C=O) groups excluding carboxylic acids is 4. The lowest BCUT2D eigenvalue weighted by Crippen LogP contribution is -2.30. The van der Waals surface area contributed by atoms with Crippen LogP contribution in [-0.2, 0) is 28.8 Å². The molecule has 0 aliphatic carbocycles. The summed E-state index contributed by atoms with van der Waals surface area (Å²) >= 11 is 0. The molecule has 0 spiro atoms. The number of hydrogen-bond donors (Lipinski definition) is 2. The van der Waals surface area contributed by atoms with Gasteiger partial charge >= 0.3 is 23.9 Å². The van der Waals surface area contributed by atoms with Crippen LogP contribution in [-0.4, -0.2) is 62.6 Å². The van der Waals surface area contributed by atoms with E-state index in [0.717, 1.165) is 0 Å². The fourth-order valence-corrected chi connectivity index (χ4v) is 2.86. The molecule has 0 atom stereocenters. The van der Waals surface area contributed by atoms with Gasteiger partial charge in [0, 0.05) is 0 Å². The van der Waals surface area contributed by atoms with Crippen LogP contribution in [0.25, 0.3) is 0 Å². The molecule has 206 valence electrons. The Bertz CT molecular complexity index is 1000. The molecule has 12 heteroatoms. The first-order chi connectivity index (χ1) is 18.2. The summed E-state index contributed by atoms with van der Waals surface area (Å²) in [6.07, 6.45) is -0.474. The molecule has 0 aliphatic rings. The third-order valence-electron chi connectivity index (χ3n) is 4.34. The molecular weight excluding hydrogens is 500 g/mol. The van der Waals surface area contributed by atoms with Crippen LogP contribution in [0.15, 0.2) is 48.5 Å². The van der Waals surface area contributed by atoms with Crippen molar-refractivity contribution in [1.29, 1.82) is 0 Å². The molecule has 0 aliphatic heterocycles. The van der Waals surface area contributed by atoms with Gasteiger partial charge in [0.1, 0.15) is 36.1 Å². The maximum atomic E-state index is 12.5. The van der Waals surface area contributed by atoms with E-state index >= 15 is 0 Å². The van der Waals surface area contributed by atoms with Gasteiger partial charge in [0.15, 0.2) is 0 Å². The van der Waals surface area contributed by atoms with Crippen LogP contribution >= 0.6 is 0 Å². The van der Waals surface area contributed by atoms with E-state index in [1.165, 1.54) is 24.3 Å². The van der Waals surface area contributed by atoms with E-state index in [4.69, 9.17) is 28.7 Å². The second-order valence-corrected chi connectivity index (χ2v) is 8.24. The smallest absolute Gasteiger partial charge is 0.390 e. The predicted octanol–water partition coefficient (Wildman–Crippen LogP) is 2.37. The second kappa shape index (κ2) is 15.8. The van der Waals surface area contributed by atoms with Gasteiger partial charge in [-0.15, -0.1) is 0 Å². The van der Waals surface area contributed by atoms with Gasteiger partial charge in [0.25, 0.3) is 0 Å². The fourth-order valence-electron chi connectivity index (χ4n) is 2.86. The van der Waals surface area contributed by atoms with E-state index in [9.17, 15) is 19.2 Å². The van der Waals surface area contributed by atoms with E-state index in [2.05, 4.69) is 10.6 Å². The Morgan fingerprint density at radius 2 is 1.00 bits per heavy atom. The summed E-state index contributed by atoms with van der Waals surface area (Å²) in [4.78, 5) is 57.7. The van der Waals surface area contributed by atoms with E-state index in [1.54, 1.807) is 52.0 Å². The highest BCUT2D eigenvalue weighted by Gasteiger charge is 2.20. The molecule has 12 nitrogen and oxygen atoms in total. The predicted molar refractivity (Wildman–Crippen MR) is 133 cm³/mol. The number of nitrogens with one attached hydrogen (secondary N) is 2. The zero-order valence-corrected chi connectivity index (χ0v) is 21.7. The van der Waals surface area contributed by atoms with Crippen molar-refractivity contribution in [1.82, 2.24) is 10.6 Å². The lowest BCUT2D eigenvalue weighted by atomic mass is 10.2. The number of benzene rings is 2. The van der Waals surface area contributed by atoms with E-state index in [1.807, 2.05) is 0 Å². The van der Waals surface area contributed by atoms with Crippen molar-refractivity contribution in [3.05, 3.63) is 59.7 Å². The van der Waals surface area contributed by atoms with Gasteiger partial charge in [-0.1, -0.05) is 24.3 Å². The lowest BCUT2D eigenvalue weighted by molar-refractivity contribution is -0.187. The average Bonchev–Trinajstić information content (AvgIpc) is 2.87. The molecular formula is C26H32N2O10. The first-order valence-electron chi connectivity index (χ1n) is 11.8. The van der Waals surface area contributed by atoms with Crippen LogP contribution in [0.5, 0.6) is 11.5 Å². The minimum atomic E-state index is -0.975. The van der Waals surface area contributed by atoms with Crippen LogP contribution in [0.1, 0.15) is 48.4 Å². The van der Waals surface area contributed by atoms with E-state index < -0.39 is 23.9 Å². The van der Waals surface area contributed by atoms with Crippen molar-refractivity contribution in [2.24, 2.45) is 0 Å². The van der Waals surface area contributed by atoms with Gasteiger partial charge in [-0.2, -0.15) is 0 Å². The molecule has 2 aromatic rings. The molecule has 0 radical (unpaired) electrons. The molecule has 2 N–H and O–H groups in total. The molecule has 0 saturated heterocycles. The number of ether oxygens (including phenoxy) is 4. The SMILES string of the molecule is CC(C)OC(=O)CNCOc1ccccc1C(=O)OOC(=O)c1ccccc1OCNCC(=O)OC(C)C. The third-order valence-corrected chi connectivity index (χ3v) is 4.34. The van der Waals surface area contributed by atoms with Crippen LogP contribution in [0, 0.1) is 0 Å². The number of hydrogen-bond acceptors (Lipinski definition) is 12. The number of carbonyl (C=O) groups is 4. The average molecular weight is 533 g/mol. The minimum absolute atomic E-state index is 0.00567. The van der Waals surface area contributed by atoms with Crippen molar-refractivity contribution in [2.75, 3.05) is 26.6 Å². The summed E-state index contributed by atoms with van der Waals surface area (Å²) in [6, 6.07) is 12.3. The van der Waals surface area contributed by atoms with Crippen molar-refractivity contribution >= 4 is 23.9 Å². The first-order valence-corrected chi connectivity index (χ1v) is 11.8. The Kier molecular flexibility index (Phi) is 12.5. The van der Waals surface area contributed by atoms with Crippen molar-refractivity contribution < 1.29 is 47.9 Å². The third kappa shape index (κ3) is 10.8. The Morgan fingerprint density at radius 1 is 0.632 bits per heavy atom. The lowest BCUT2D eigenvalue weighted by Gasteiger charge is -2.13.